The number of pyridine rings is 1. The van der Waals surface area contributed by atoms with Crippen LogP contribution in [0, 0.1) is 0 Å². The van der Waals surface area contributed by atoms with Crippen molar-refractivity contribution in [1.29, 1.82) is 0 Å². The van der Waals surface area contributed by atoms with Gasteiger partial charge in [-0.3, -0.25) is 0 Å². The zero-order chi connectivity index (χ0) is 12.6. The van der Waals surface area contributed by atoms with Crippen molar-refractivity contribution < 1.29 is 0 Å². The lowest BCUT2D eigenvalue weighted by Crippen LogP contribution is -1.88. The van der Waals surface area contributed by atoms with Gasteiger partial charge in [-0.2, -0.15) is 0 Å². The van der Waals surface area contributed by atoms with E-state index in [1.807, 2.05) is 45.5 Å². The number of rotatable bonds is 1. The monoisotopic (exact) mass is 221 g/mol. The van der Waals surface area contributed by atoms with Crippen molar-refractivity contribution in [3.63, 3.8) is 0 Å². The molecule has 0 N–H and O–H groups in total. The first-order valence-electron chi connectivity index (χ1n) is 6.07. The second kappa shape index (κ2) is 7.85. The van der Waals surface area contributed by atoms with Gasteiger partial charge in [0.1, 0.15) is 0 Å². The van der Waals surface area contributed by atoms with Crippen molar-refractivity contribution in [3.8, 4) is 0 Å². The maximum absolute atomic E-state index is 4.24. The lowest BCUT2D eigenvalue weighted by atomic mass is 10.2. The molecule has 16 heavy (non-hydrogen) atoms. The molecule has 0 aliphatic rings. The minimum absolute atomic E-state index is 0.828. The van der Waals surface area contributed by atoms with Gasteiger partial charge >= 0.3 is 0 Å². The van der Waals surface area contributed by atoms with E-state index in [1.165, 1.54) is 5.56 Å². The molecule has 0 aliphatic carbocycles. The lowest BCUT2D eigenvalue weighted by molar-refractivity contribution is 0.946. The highest BCUT2D eigenvalue weighted by atomic mass is 15.0. The molecule has 90 valence electrons. The van der Waals surface area contributed by atoms with Crippen molar-refractivity contribution in [2.45, 2.75) is 41.0 Å². The molecule has 0 fully saturated rings. The smallest absolute Gasteiger partial charge is 0.177 e. The van der Waals surface area contributed by atoms with E-state index in [0.29, 0.717) is 0 Å². The van der Waals surface area contributed by atoms with Crippen LogP contribution in [-0.4, -0.2) is 14.5 Å². The fourth-order valence-corrected chi connectivity index (χ4v) is 1.24. The van der Waals surface area contributed by atoms with Crippen LogP contribution in [0.1, 0.15) is 40.2 Å². The first kappa shape index (κ1) is 14.6. The molecular weight excluding hydrogens is 198 g/mol. The van der Waals surface area contributed by atoms with E-state index in [2.05, 4.69) is 23.0 Å². The van der Waals surface area contributed by atoms with Crippen molar-refractivity contribution in [3.05, 3.63) is 24.2 Å². The third-order valence-corrected chi connectivity index (χ3v) is 2.05. The topological polar surface area (TPSA) is 30.7 Å². The number of aromatic nitrogens is 3. The van der Waals surface area contributed by atoms with Crippen LogP contribution in [0.3, 0.4) is 0 Å². The molecule has 2 rings (SSSR count). The maximum atomic E-state index is 4.24. The van der Waals surface area contributed by atoms with E-state index in [0.717, 1.165) is 17.6 Å². The molecule has 3 heteroatoms. The van der Waals surface area contributed by atoms with Crippen LogP contribution in [0.2, 0.25) is 0 Å². The van der Waals surface area contributed by atoms with Crippen LogP contribution < -0.4 is 0 Å². The molecule has 0 atom stereocenters. The average molecular weight is 221 g/mol. The molecule has 2 heterocycles. The highest BCUT2D eigenvalue weighted by molar-refractivity contribution is 5.71. The van der Waals surface area contributed by atoms with E-state index in [-0.39, 0.29) is 0 Å². The molecule has 2 aromatic heterocycles. The molecule has 0 saturated heterocycles. The standard InChI is InChI=1S/C9H11N3.2C2H6/c1-3-7-4-8-9(10-5-7)11-6-12(8)2;2*1-2/h4-6H,3H2,1-2H3;2*1-2H3. The highest BCUT2D eigenvalue weighted by Crippen LogP contribution is 2.10. The van der Waals surface area contributed by atoms with Crippen LogP contribution in [0.25, 0.3) is 11.2 Å². The van der Waals surface area contributed by atoms with E-state index in [4.69, 9.17) is 0 Å². The summed E-state index contributed by atoms with van der Waals surface area (Å²) in [6.07, 6.45) is 4.70. The summed E-state index contributed by atoms with van der Waals surface area (Å²) < 4.78 is 1.99. The van der Waals surface area contributed by atoms with Crippen LogP contribution in [0.4, 0.5) is 0 Å². The van der Waals surface area contributed by atoms with Gasteiger partial charge in [-0.15, -0.1) is 0 Å². The lowest BCUT2D eigenvalue weighted by Gasteiger charge is -1.96. The summed E-state index contributed by atoms with van der Waals surface area (Å²) in [4.78, 5) is 8.39. The Bertz CT molecular complexity index is 404. The molecule has 0 radical (unpaired) electrons. The average Bonchev–Trinajstić information content (AvgIpc) is 2.75. The largest absolute Gasteiger partial charge is 0.332 e. The van der Waals surface area contributed by atoms with Gasteiger partial charge in [0.15, 0.2) is 5.65 Å². The number of nitrogens with zero attached hydrogens (tertiary/aromatic N) is 3. The van der Waals surface area contributed by atoms with Crippen LogP contribution in [0.5, 0.6) is 0 Å². The van der Waals surface area contributed by atoms with Crippen molar-refractivity contribution in [1.82, 2.24) is 14.5 Å². The molecule has 0 amide bonds. The zero-order valence-electron chi connectivity index (χ0n) is 11.3. The van der Waals surface area contributed by atoms with E-state index < -0.39 is 0 Å². The second-order valence-electron chi connectivity index (χ2n) is 2.90. The van der Waals surface area contributed by atoms with Gasteiger partial charge in [0.05, 0.1) is 11.8 Å². The quantitative estimate of drug-likeness (QED) is 0.737. The Labute approximate surface area is 98.5 Å². The van der Waals surface area contributed by atoms with Crippen molar-refractivity contribution in [2.24, 2.45) is 7.05 Å². The summed E-state index contributed by atoms with van der Waals surface area (Å²) in [5.41, 5.74) is 3.19. The molecular formula is C13H23N3. The summed E-state index contributed by atoms with van der Waals surface area (Å²) in [6.45, 7) is 10.1. The van der Waals surface area contributed by atoms with Gasteiger partial charge in [0, 0.05) is 13.2 Å². The van der Waals surface area contributed by atoms with E-state index in [1.54, 1.807) is 6.33 Å². The first-order chi connectivity index (χ1) is 7.81. The number of hydrogen-bond donors (Lipinski definition) is 0. The molecule has 0 spiro atoms. The summed E-state index contributed by atoms with van der Waals surface area (Å²) in [7, 11) is 1.98. The minimum Gasteiger partial charge on any atom is -0.332 e. The van der Waals surface area contributed by atoms with E-state index in [9.17, 15) is 0 Å². The molecule has 0 aliphatic heterocycles. The van der Waals surface area contributed by atoms with E-state index >= 15 is 0 Å². The van der Waals surface area contributed by atoms with Gasteiger partial charge < -0.3 is 4.57 Å². The number of hydrogen-bond acceptors (Lipinski definition) is 2. The van der Waals surface area contributed by atoms with Gasteiger partial charge in [0.25, 0.3) is 0 Å². The number of fused-ring (bicyclic) bond motifs is 1. The molecule has 2 aromatic rings. The summed E-state index contributed by atoms with van der Waals surface area (Å²) in [5, 5.41) is 0. The molecule has 0 aromatic carbocycles. The molecule has 3 nitrogen and oxygen atoms in total. The summed E-state index contributed by atoms with van der Waals surface area (Å²) >= 11 is 0. The Hall–Kier alpha value is -1.38. The molecule has 0 bridgehead atoms. The van der Waals surface area contributed by atoms with Crippen LogP contribution in [-0.2, 0) is 13.5 Å². The van der Waals surface area contributed by atoms with Gasteiger partial charge in [0.2, 0.25) is 0 Å². The third-order valence-electron chi connectivity index (χ3n) is 2.05. The normalized spacial score (nSPS) is 8.88. The number of aryl methyl sites for hydroxylation is 2. The maximum Gasteiger partial charge on any atom is 0.177 e. The summed E-state index contributed by atoms with van der Waals surface area (Å²) in [5.74, 6) is 0. The zero-order valence-corrected chi connectivity index (χ0v) is 11.3. The predicted molar refractivity (Wildman–Crippen MR) is 70.6 cm³/mol. The fraction of sp³-hybridized carbons (Fsp3) is 0.538. The Morgan fingerprint density at radius 3 is 2.31 bits per heavy atom. The Morgan fingerprint density at radius 2 is 1.75 bits per heavy atom. The fourth-order valence-electron chi connectivity index (χ4n) is 1.24. The van der Waals surface area contributed by atoms with Crippen LogP contribution in [0.15, 0.2) is 18.6 Å². The Kier molecular flexibility index (Phi) is 7.18. The molecule has 0 saturated carbocycles. The number of imidazole rings is 1. The van der Waals surface area contributed by atoms with Crippen molar-refractivity contribution in [2.75, 3.05) is 0 Å². The predicted octanol–water partition coefficient (Wildman–Crippen LogP) is 3.58. The van der Waals surface area contributed by atoms with Gasteiger partial charge in [-0.1, -0.05) is 34.6 Å². The second-order valence-corrected chi connectivity index (χ2v) is 2.90. The SMILES string of the molecule is CC.CC.CCc1cnc2ncn(C)c2c1. The Balaban J connectivity index is 0.000000509. The molecule has 0 unspecified atom stereocenters. The minimum atomic E-state index is 0.828. The summed E-state index contributed by atoms with van der Waals surface area (Å²) in [6, 6.07) is 2.13. The first-order valence-corrected chi connectivity index (χ1v) is 6.07. The van der Waals surface area contributed by atoms with Crippen molar-refractivity contribution >= 4 is 11.2 Å². The van der Waals surface area contributed by atoms with Crippen LogP contribution >= 0.6 is 0 Å². The third kappa shape index (κ3) is 3.33. The van der Waals surface area contributed by atoms with Gasteiger partial charge in [-0.25, -0.2) is 9.97 Å². The van der Waals surface area contributed by atoms with Gasteiger partial charge in [-0.05, 0) is 18.1 Å². The highest BCUT2D eigenvalue weighted by Gasteiger charge is 2.00. The Morgan fingerprint density at radius 1 is 1.12 bits per heavy atom.